The lowest BCUT2D eigenvalue weighted by molar-refractivity contribution is 0.00578. The topological polar surface area (TPSA) is 47.6 Å². The van der Waals surface area contributed by atoms with E-state index in [4.69, 9.17) is 9.31 Å². The molecule has 1 heterocycles. The second kappa shape index (κ2) is 7.26. The summed E-state index contributed by atoms with van der Waals surface area (Å²) in [7, 11) is -0.407. The van der Waals surface area contributed by atoms with Crippen molar-refractivity contribution in [2.24, 2.45) is 0 Å². The van der Waals surface area contributed by atoms with E-state index in [-0.39, 0.29) is 17.1 Å². The fourth-order valence-electron chi connectivity index (χ4n) is 2.84. The van der Waals surface area contributed by atoms with Crippen LogP contribution < -0.4 is 10.8 Å². The van der Waals surface area contributed by atoms with Crippen LogP contribution in [0.25, 0.3) is 0 Å². The molecular weight excluding hydrogens is 325 g/mol. The van der Waals surface area contributed by atoms with Crippen molar-refractivity contribution < 1.29 is 14.1 Å². The van der Waals surface area contributed by atoms with Gasteiger partial charge in [0.25, 0.3) is 5.91 Å². The smallest absolute Gasteiger partial charge is 0.399 e. The maximum Gasteiger partial charge on any atom is 0.494 e. The summed E-state index contributed by atoms with van der Waals surface area (Å²) in [6.45, 7) is 8.73. The van der Waals surface area contributed by atoms with Gasteiger partial charge in [-0.25, -0.2) is 0 Å². The van der Waals surface area contributed by atoms with Crippen LogP contribution in [-0.2, 0) is 15.7 Å². The standard InChI is InChI=1S/C21H26BNO3/c1-20(2)21(3,4)26-22(25-20)18-12-10-17(11-13-18)19(24)23-15-14-16-8-6-5-7-9-16/h5-13H,14-15H2,1-4H3,(H,23,24). The predicted octanol–water partition coefficient (Wildman–Crippen LogP) is 2.96. The Morgan fingerprint density at radius 1 is 0.923 bits per heavy atom. The average Bonchev–Trinajstić information content (AvgIpc) is 2.83. The van der Waals surface area contributed by atoms with E-state index >= 15 is 0 Å². The molecule has 2 aromatic rings. The Bertz CT molecular complexity index is 741. The maximum atomic E-state index is 12.3. The highest BCUT2D eigenvalue weighted by atomic mass is 16.7. The molecule has 136 valence electrons. The van der Waals surface area contributed by atoms with Crippen molar-refractivity contribution in [3.8, 4) is 0 Å². The summed E-state index contributed by atoms with van der Waals surface area (Å²) in [5.74, 6) is -0.0681. The summed E-state index contributed by atoms with van der Waals surface area (Å²) >= 11 is 0. The van der Waals surface area contributed by atoms with Gasteiger partial charge in [0.05, 0.1) is 11.2 Å². The van der Waals surface area contributed by atoms with E-state index < -0.39 is 7.12 Å². The zero-order valence-corrected chi connectivity index (χ0v) is 15.9. The van der Waals surface area contributed by atoms with Crippen LogP contribution in [0.15, 0.2) is 54.6 Å². The Morgan fingerprint density at radius 3 is 2.08 bits per heavy atom. The predicted molar refractivity (Wildman–Crippen MR) is 105 cm³/mol. The van der Waals surface area contributed by atoms with Crippen LogP contribution in [0.5, 0.6) is 0 Å². The first kappa shape index (κ1) is 18.7. The SMILES string of the molecule is CC1(C)OB(c2ccc(C(=O)NCCc3ccccc3)cc2)OC1(C)C. The minimum atomic E-state index is -0.407. The summed E-state index contributed by atoms with van der Waals surface area (Å²) in [6, 6.07) is 17.6. The zero-order valence-electron chi connectivity index (χ0n) is 15.9. The molecular formula is C21H26BNO3. The van der Waals surface area contributed by atoms with Gasteiger partial charge in [-0.05, 0) is 57.3 Å². The lowest BCUT2D eigenvalue weighted by atomic mass is 9.79. The van der Waals surface area contributed by atoms with E-state index in [1.54, 1.807) is 0 Å². The average molecular weight is 351 g/mol. The van der Waals surface area contributed by atoms with Crippen LogP contribution in [0.4, 0.5) is 0 Å². The first-order valence-corrected chi connectivity index (χ1v) is 9.06. The van der Waals surface area contributed by atoms with Gasteiger partial charge in [-0.3, -0.25) is 4.79 Å². The number of carbonyl (C=O) groups is 1. The van der Waals surface area contributed by atoms with Crippen LogP contribution >= 0.6 is 0 Å². The Kier molecular flexibility index (Phi) is 5.21. The van der Waals surface area contributed by atoms with Gasteiger partial charge in [0, 0.05) is 12.1 Å². The summed E-state index contributed by atoms with van der Waals surface area (Å²) in [5.41, 5.74) is 2.03. The minimum Gasteiger partial charge on any atom is -0.399 e. The molecule has 5 heteroatoms. The quantitative estimate of drug-likeness (QED) is 0.843. The van der Waals surface area contributed by atoms with Gasteiger partial charge in [0.1, 0.15) is 0 Å². The number of amides is 1. The summed E-state index contributed by atoms with van der Waals surface area (Å²) < 4.78 is 12.1. The summed E-state index contributed by atoms with van der Waals surface area (Å²) in [4.78, 5) is 12.3. The maximum absolute atomic E-state index is 12.3. The number of hydrogen-bond donors (Lipinski definition) is 1. The molecule has 1 aliphatic rings. The van der Waals surface area contributed by atoms with Gasteiger partial charge in [0.2, 0.25) is 0 Å². The van der Waals surface area contributed by atoms with Crippen molar-refractivity contribution in [2.45, 2.75) is 45.3 Å². The zero-order chi connectivity index (χ0) is 18.8. The largest absolute Gasteiger partial charge is 0.494 e. The molecule has 1 fully saturated rings. The third-order valence-corrected chi connectivity index (χ3v) is 5.24. The van der Waals surface area contributed by atoms with Crippen LogP contribution in [0.3, 0.4) is 0 Å². The molecule has 0 unspecified atom stereocenters. The van der Waals surface area contributed by atoms with Gasteiger partial charge in [-0.1, -0.05) is 42.5 Å². The molecule has 0 radical (unpaired) electrons. The highest BCUT2D eigenvalue weighted by Gasteiger charge is 2.51. The number of rotatable bonds is 5. The van der Waals surface area contributed by atoms with E-state index in [1.807, 2.05) is 70.2 Å². The van der Waals surface area contributed by atoms with Crippen LogP contribution in [0.1, 0.15) is 43.6 Å². The summed E-state index contributed by atoms with van der Waals surface area (Å²) in [6.07, 6.45) is 0.818. The molecule has 0 saturated carbocycles. The third-order valence-electron chi connectivity index (χ3n) is 5.24. The number of hydrogen-bond acceptors (Lipinski definition) is 3. The molecule has 0 bridgehead atoms. The van der Waals surface area contributed by atoms with Crippen molar-refractivity contribution in [1.82, 2.24) is 5.32 Å². The number of benzene rings is 2. The number of carbonyl (C=O) groups excluding carboxylic acids is 1. The monoisotopic (exact) mass is 351 g/mol. The van der Waals surface area contributed by atoms with Gasteiger partial charge in [-0.15, -0.1) is 0 Å². The highest BCUT2D eigenvalue weighted by molar-refractivity contribution is 6.62. The van der Waals surface area contributed by atoms with Crippen LogP contribution in [0, 0.1) is 0 Å². The third kappa shape index (κ3) is 4.00. The van der Waals surface area contributed by atoms with E-state index in [2.05, 4.69) is 17.4 Å². The Morgan fingerprint density at radius 2 is 1.50 bits per heavy atom. The fraction of sp³-hybridized carbons (Fsp3) is 0.381. The Hall–Kier alpha value is -2.11. The molecule has 1 amide bonds. The molecule has 4 nitrogen and oxygen atoms in total. The molecule has 1 saturated heterocycles. The molecule has 26 heavy (non-hydrogen) atoms. The highest BCUT2D eigenvalue weighted by Crippen LogP contribution is 2.36. The lowest BCUT2D eigenvalue weighted by Gasteiger charge is -2.32. The van der Waals surface area contributed by atoms with Crippen molar-refractivity contribution in [3.63, 3.8) is 0 Å². The van der Waals surface area contributed by atoms with E-state index in [1.165, 1.54) is 5.56 Å². The van der Waals surface area contributed by atoms with Crippen molar-refractivity contribution in [1.29, 1.82) is 0 Å². The van der Waals surface area contributed by atoms with Crippen molar-refractivity contribution >= 4 is 18.5 Å². The molecule has 0 atom stereocenters. The van der Waals surface area contributed by atoms with Crippen LogP contribution in [0.2, 0.25) is 0 Å². The normalized spacial score (nSPS) is 17.9. The summed E-state index contributed by atoms with van der Waals surface area (Å²) in [5, 5.41) is 2.96. The van der Waals surface area contributed by atoms with Crippen molar-refractivity contribution in [3.05, 3.63) is 65.7 Å². The lowest BCUT2D eigenvalue weighted by Crippen LogP contribution is -2.41. The van der Waals surface area contributed by atoms with E-state index in [0.717, 1.165) is 11.9 Å². The van der Waals surface area contributed by atoms with Gasteiger partial charge >= 0.3 is 7.12 Å². The second-order valence-corrected chi connectivity index (χ2v) is 7.70. The molecule has 0 spiro atoms. The molecule has 0 aliphatic carbocycles. The van der Waals surface area contributed by atoms with E-state index in [9.17, 15) is 4.79 Å². The van der Waals surface area contributed by atoms with Gasteiger partial charge < -0.3 is 14.6 Å². The molecule has 0 aromatic heterocycles. The first-order valence-electron chi connectivity index (χ1n) is 9.06. The van der Waals surface area contributed by atoms with Gasteiger partial charge in [-0.2, -0.15) is 0 Å². The van der Waals surface area contributed by atoms with Crippen LogP contribution in [-0.4, -0.2) is 30.8 Å². The Balaban J connectivity index is 1.57. The molecule has 1 aliphatic heterocycles. The Labute approximate surface area is 156 Å². The second-order valence-electron chi connectivity index (χ2n) is 7.70. The first-order chi connectivity index (χ1) is 12.3. The number of nitrogens with one attached hydrogen (secondary N) is 1. The van der Waals surface area contributed by atoms with Crippen molar-refractivity contribution in [2.75, 3.05) is 6.54 Å². The molecule has 3 rings (SSSR count). The molecule has 2 aromatic carbocycles. The fourth-order valence-corrected chi connectivity index (χ4v) is 2.84. The minimum absolute atomic E-state index is 0.0681. The van der Waals surface area contributed by atoms with E-state index in [0.29, 0.717) is 12.1 Å². The molecule has 1 N–H and O–H groups in total. The van der Waals surface area contributed by atoms with Gasteiger partial charge in [0.15, 0.2) is 0 Å².